The molecule has 0 unspecified atom stereocenters. The molecule has 0 bridgehead atoms. The maximum Gasteiger partial charge on any atom is 0.269 e. The summed E-state index contributed by atoms with van der Waals surface area (Å²) in [7, 11) is 0. The van der Waals surface area contributed by atoms with Gasteiger partial charge in [-0.05, 0) is 18.6 Å². The number of para-hydroxylation sites is 1. The third-order valence-electron chi connectivity index (χ3n) is 1.71. The molecule has 0 aliphatic heterocycles. The minimum Gasteiger partial charge on any atom is -0.267 e. The molecule has 0 saturated heterocycles. The highest BCUT2D eigenvalue weighted by atomic mass is 16.1. The lowest BCUT2D eigenvalue weighted by atomic mass is 10.3. The Kier molecular flexibility index (Phi) is 4.48. The van der Waals surface area contributed by atoms with Crippen LogP contribution in [0.1, 0.15) is 19.8 Å². The number of rotatable bonds is 4. The molecule has 0 heterocycles. The smallest absolute Gasteiger partial charge is 0.267 e. The van der Waals surface area contributed by atoms with Gasteiger partial charge in [-0.1, -0.05) is 37.6 Å². The standard InChI is InChI=1S/C12H14NO/c1-2-3-5-10-12(14)13-11-8-6-4-7-9-11/h4-10H,2-3H2,1H3. The number of carbonyl (C=O) groups is 1. The first-order chi connectivity index (χ1) is 6.83. The quantitative estimate of drug-likeness (QED) is 0.668. The van der Waals surface area contributed by atoms with Gasteiger partial charge in [0.2, 0.25) is 0 Å². The van der Waals surface area contributed by atoms with Crippen molar-refractivity contribution in [2.24, 2.45) is 0 Å². The molecule has 0 fully saturated rings. The molecule has 1 radical (unpaired) electrons. The fourth-order valence-corrected chi connectivity index (χ4v) is 1.02. The second-order valence-electron chi connectivity index (χ2n) is 2.98. The molecule has 0 aliphatic rings. The number of unbranched alkanes of at least 4 members (excludes halogenated alkanes) is 1. The Morgan fingerprint density at radius 1 is 1.36 bits per heavy atom. The molecule has 14 heavy (non-hydrogen) atoms. The molecular formula is C12H14NO. The zero-order valence-electron chi connectivity index (χ0n) is 8.31. The molecule has 2 nitrogen and oxygen atoms in total. The summed E-state index contributed by atoms with van der Waals surface area (Å²) in [4.78, 5) is 11.2. The highest BCUT2D eigenvalue weighted by Crippen LogP contribution is 2.05. The summed E-state index contributed by atoms with van der Waals surface area (Å²) in [5.74, 6) is -0.190. The Morgan fingerprint density at radius 3 is 2.71 bits per heavy atom. The lowest BCUT2D eigenvalue weighted by Crippen LogP contribution is -2.05. The van der Waals surface area contributed by atoms with Crippen LogP contribution in [0.25, 0.3) is 0 Å². The third-order valence-corrected chi connectivity index (χ3v) is 1.71. The van der Waals surface area contributed by atoms with Crippen LogP contribution in [0.5, 0.6) is 0 Å². The maximum atomic E-state index is 11.2. The number of hydrogen-bond donors (Lipinski definition) is 0. The number of hydrogen-bond acceptors (Lipinski definition) is 1. The highest BCUT2D eigenvalue weighted by molar-refractivity contribution is 5.90. The summed E-state index contributed by atoms with van der Waals surface area (Å²) < 4.78 is 0. The van der Waals surface area contributed by atoms with Gasteiger partial charge in [0.15, 0.2) is 0 Å². The van der Waals surface area contributed by atoms with E-state index in [9.17, 15) is 4.79 Å². The molecule has 1 rings (SSSR count). The zero-order chi connectivity index (χ0) is 10.2. The maximum absolute atomic E-state index is 11.2. The van der Waals surface area contributed by atoms with E-state index in [0.29, 0.717) is 5.69 Å². The van der Waals surface area contributed by atoms with E-state index in [1.807, 2.05) is 36.4 Å². The van der Waals surface area contributed by atoms with E-state index in [1.54, 1.807) is 0 Å². The molecule has 1 aromatic carbocycles. The van der Waals surface area contributed by atoms with Gasteiger partial charge in [0.05, 0.1) is 5.69 Å². The van der Waals surface area contributed by atoms with Gasteiger partial charge in [0.1, 0.15) is 0 Å². The van der Waals surface area contributed by atoms with Crippen LogP contribution < -0.4 is 5.32 Å². The van der Waals surface area contributed by atoms with Crippen molar-refractivity contribution in [2.75, 3.05) is 0 Å². The van der Waals surface area contributed by atoms with E-state index in [-0.39, 0.29) is 5.91 Å². The van der Waals surface area contributed by atoms with Crippen LogP contribution in [-0.4, -0.2) is 5.91 Å². The average Bonchev–Trinajstić information content (AvgIpc) is 2.20. The fourth-order valence-electron chi connectivity index (χ4n) is 1.02. The lowest BCUT2D eigenvalue weighted by molar-refractivity contribution is -0.115. The monoisotopic (exact) mass is 188 g/mol. The first kappa shape index (κ1) is 10.5. The van der Waals surface area contributed by atoms with Crippen molar-refractivity contribution in [1.82, 2.24) is 5.32 Å². The molecular weight excluding hydrogens is 174 g/mol. The van der Waals surface area contributed by atoms with Crippen LogP contribution in [0.3, 0.4) is 0 Å². The van der Waals surface area contributed by atoms with E-state index >= 15 is 0 Å². The second-order valence-corrected chi connectivity index (χ2v) is 2.98. The van der Waals surface area contributed by atoms with Gasteiger partial charge in [-0.2, -0.15) is 0 Å². The Morgan fingerprint density at radius 2 is 2.07 bits per heavy atom. The van der Waals surface area contributed by atoms with Crippen molar-refractivity contribution in [1.29, 1.82) is 0 Å². The number of benzene rings is 1. The van der Waals surface area contributed by atoms with E-state index in [2.05, 4.69) is 12.2 Å². The lowest BCUT2D eigenvalue weighted by Gasteiger charge is -1.96. The molecule has 0 spiro atoms. The Labute approximate surface area is 84.6 Å². The Balaban J connectivity index is 2.42. The van der Waals surface area contributed by atoms with Crippen LogP contribution in [0.15, 0.2) is 42.5 Å². The van der Waals surface area contributed by atoms with Gasteiger partial charge in [-0.25, -0.2) is 5.32 Å². The topological polar surface area (TPSA) is 31.2 Å². The van der Waals surface area contributed by atoms with Crippen molar-refractivity contribution >= 4 is 11.6 Å². The average molecular weight is 188 g/mol. The molecule has 0 N–H and O–H groups in total. The van der Waals surface area contributed by atoms with Crippen molar-refractivity contribution in [3.63, 3.8) is 0 Å². The van der Waals surface area contributed by atoms with Gasteiger partial charge < -0.3 is 0 Å². The van der Waals surface area contributed by atoms with Crippen molar-refractivity contribution in [2.45, 2.75) is 19.8 Å². The summed E-state index contributed by atoms with van der Waals surface area (Å²) in [6, 6.07) is 9.25. The van der Waals surface area contributed by atoms with Crippen molar-refractivity contribution in [3.05, 3.63) is 42.5 Å². The number of nitrogens with zero attached hydrogens (tertiary/aromatic N) is 1. The van der Waals surface area contributed by atoms with Crippen LogP contribution in [0.4, 0.5) is 5.69 Å². The minimum atomic E-state index is -0.190. The van der Waals surface area contributed by atoms with Gasteiger partial charge in [0.25, 0.3) is 5.91 Å². The first-order valence-corrected chi connectivity index (χ1v) is 4.80. The summed E-state index contributed by atoms with van der Waals surface area (Å²) >= 11 is 0. The fraction of sp³-hybridized carbons (Fsp3) is 0.250. The number of carbonyl (C=O) groups excluding carboxylic acids is 1. The Bertz CT molecular complexity index is 303. The molecule has 1 aromatic rings. The number of amides is 1. The molecule has 1 amide bonds. The third kappa shape index (κ3) is 3.90. The summed E-state index contributed by atoms with van der Waals surface area (Å²) in [5.41, 5.74) is 0.707. The Hall–Kier alpha value is -1.57. The summed E-state index contributed by atoms with van der Waals surface area (Å²) in [5, 5.41) is 3.91. The summed E-state index contributed by atoms with van der Waals surface area (Å²) in [6.45, 7) is 2.07. The van der Waals surface area contributed by atoms with Crippen LogP contribution in [-0.2, 0) is 4.79 Å². The van der Waals surface area contributed by atoms with E-state index in [1.165, 1.54) is 6.08 Å². The largest absolute Gasteiger partial charge is 0.269 e. The summed E-state index contributed by atoms with van der Waals surface area (Å²) in [6.07, 6.45) is 5.36. The number of allylic oxidation sites excluding steroid dienone is 1. The van der Waals surface area contributed by atoms with Crippen LogP contribution in [0, 0.1) is 0 Å². The van der Waals surface area contributed by atoms with Crippen molar-refractivity contribution in [3.8, 4) is 0 Å². The SMILES string of the molecule is CCCC=CC(=O)[N]c1ccccc1. The molecule has 0 saturated carbocycles. The van der Waals surface area contributed by atoms with E-state index in [4.69, 9.17) is 0 Å². The first-order valence-electron chi connectivity index (χ1n) is 4.80. The van der Waals surface area contributed by atoms with Gasteiger partial charge in [-0.15, -0.1) is 0 Å². The van der Waals surface area contributed by atoms with Gasteiger partial charge in [-0.3, -0.25) is 4.79 Å². The molecule has 0 aromatic heterocycles. The predicted octanol–water partition coefficient (Wildman–Crippen LogP) is 2.81. The van der Waals surface area contributed by atoms with Crippen LogP contribution in [0.2, 0.25) is 0 Å². The van der Waals surface area contributed by atoms with E-state index in [0.717, 1.165) is 12.8 Å². The van der Waals surface area contributed by atoms with Crippen LogP contribution >= 0.6 is 0 Å². The van der Waals surface area contributed by atoms with E-state index < -0.39 is 0 Å². The minimum absolute atomic E-state index is 0.190. The van der Waals surface area contributed by atoms with Gasteiger partial charge in [0, 0.05) is 6.08 Å². The predicted molar refractivity (Wildman–Crippen MR) is 57.3 cm³/mol. The normalized spacial score (nSPS) is 10.4. The molecule has 73 valence electrons. The van der Waals surface area contributed by atoms with Gasteiger partial charge >= 0.3 is 0 Å². The second kappa shape index (κ2) is 5.97. The molecule has 0 aliphatic carbocycles. The molecule has 0 atom stereocenters. The zero-order valence-corrected chi connectivity index (χ0v) is 8.31. The van der Waals surface area contributed by atoms with Crippen molar-refractivity contribution < 1.29 is 4.79 Å². The molecule has 2 heteroatoms. The highest BCUT2D eigenvalue weighted by Gasteiger charge is 1.97.